The molecule has 4 heteroatoms. The highest BCUT2D eigenvalue weighted by Gasteiger charge is 2.34. The lowest BCUT2D eigenvalue weighted by Crippen LogP contribution is -2.41. The third-order valence-corrected chi connectivity index (χ3v) is 2.63. The van der Waals surface area contributed by atoms with Gasteiger partial charge in [-0.25, -0.2) is 4.79 Å². The van der Waals surface area contributed by atoms with Crippen LogP contribution in [0.1, 0.15) is 33.6 Å². The highest BCUT2D eigenvalue weighted by atomic mass is 16.5. The fourth-order valence-electron chi connectivity index (χ4n) is 1.78. The fourth-order valence-corrected chi connectivity index (χ4v) is 1.78. The monoisotopic (exact) mass is 239 g/mol. The maximum Gasteiger partial charge on any atom is 0.328 e. The number of hydrogen-bond acceptors (Lipinski definition) is 3. The Bertz CT molecular complexity index is 317. The van der Waals surface area contributed by atoms with E-state index in [2.05, 4.69) is 6.58 Å². The number of carbonyl (C=O) groups excluding carboxylic acids is 2. The number of ether oxygens (including phenoxy) is 1. The van der Waals surface area contributed by atoms with Crippen LogP contribution in [0.15, 0.2) is 12.7 Å². The van der Waals surface area contributed by atoms with Crippen molar-refractivity contribution in [3.05, 3.63) is 12.7 Å². The quantitative estimate of drug-likeness (QED) is 0.557. The normalized spacial score (nSPS) is 20.2. The summed E-state index contributed by atoms with van der Waals surface area (Å²) < 4.78 is 5.25. The Balaban J connectivity index is 2.56. The minimum Gasteiger partial charge on any atom is -0.464 e. The topological polar surface area (TPSA) is 46.6 Å². The second-order valence-corrected chi connectivity index (χ2v) is 5.56. The van der Waals surface area contributed by atoms with E-state index in [4.69, 9.17) is 4.74 Å². The van der Waals surface area contributed by atoms with Crippen LogP contribution in [0.5, 0.6) is 0 Å². The van der Waals surface area contributed by atoms with Gasteiger partial charge in [-0.15, -0.1) is 0 Å². The molecule has 0 aromatic rings. The molecule has 1 aliphatic heterocycles. The van der Waals surface area contributed by atoms with Crippen LogP contribution < -0.4 is 0 Å². The lowest BCUT2D eigenvalue weighted by Gasteiger charge is -2.24. The number of esters is 1. The van der Waals surface area contributed by atoms with Gasteiger partial charge in [-0.1, -0.05) is 27.4 Å². The first kappa shape index (κ1) is 13.7. The number of rotatable bonds is 3. The smallest absolute Gasteiger partial charge is 0.328 e. The van der Waals surface area contributed by atoms with Gasteiger partial charge >= 0.3 is 5.97 Å². The summed E-state index contributed by atoms with van der Waals surface area (Å²) in [4.78, 5) is 24.9. The van der Waals surface area contributed by atoms with E-state index in [1.54, 1.807) is 0 Å². The lowest BCUT2D eigenvalue weighted by atomic mass is 9.99. The van der Waals surface area contributed by atoms with E-state index >= 15 is 0 Å². The molecule has 4 nitrogen and oxygen atoms in total. The Kier molecular flexibility index (Phi) is 4.32. The van der Waals surface area contributed by atoms with Crippen LogP contribution in [0, 0.1) is 5.41 Å². The van der Waals surface area contributed by atoms with E-state index in [1.807, 2.05) is 20.8 Å². The van der Waals surface area contributed by atoms with Gasteiger partial charge in [0, 0.05) is 6.54 Å². The Hall–Kier alpha value is -1.32. The first-order chi connectivity index (χ1) is 7.85. The molecular formula is C13H21NO3. The van der Waals surface area contributed by atoms with Gasteiger partial charge < -0.3 is 9.64 Å². The molecule has 0 aromatic heterocycles. The summed E-state index contributed by atoms with van der Waals surface area (Å²) in [5.41, 5.74) is -0.0540. The summed E-state index contributed by atoms with van der Waals surface area (Å²) in [5.74, 6) is -0.493. The van der Waals surface area contributed by atoms with Gasteiger partial charge in [0.05, 0.1) is 6.61 Å². The second kappa shape index (κ2) is 5.34. The van der Waals surface area contributed by atoms with Crippen molar-refractivity contribution < 1.29 is 14.3 Å². The molecule has 1 fully saturated rings. The molecule has 0 radical (unpaired) electrons. The molecule has 0 N–H and O–H groups in total. The number of hydrogen-bond donors (Lipinski definition) is 0. The third kappa shape index (κ3) is 3.88. The SMILES string of the molecule is C=CC(=O)N1CCCC1C(=O)OCC(C)(C)C. The molecule has 0 spiro atoms. The third-order valence-electron chi connectivity index (χ3n) is 2.63. The van der Waals surface area contributed by atoms with Gasteiger partial charge in [-0.2, -0.15) is 0 Å². The average Bonchev–Trinajstić information content (AvgIpc) is 2.72. The van der Waals surface area contributed by atoms with Crippen LogP contribution in [0.2, 0.25) is 0 Å². The molecule has 96 valence electrons. The predicted molar refractivity (Wildman–Crippen MR) is 65.3 cm³/mol. The van der Waals surface area contributed by atoms with Crippen molar-refractivity contribution in [1.82, 2.24) is 4.90 Å². The van der Waals surface area contributed by atoms with Crippen molar-refractivity contribution in [2.24, 2.45) is 5.41 Å². The van der Waals surface area contributed by atoms with E-state index in [0.29, 0.717) is 19.6 Å². The number of amides is 1. The number of nitrogens with zero attached hydrogens (tertiary/aromatic N) is 1. The van der Waals surface area contributed by atoms with Crippen molar-refractivity contribution in [3.8, 4) is 0 Å². The first-order valence-electron chi connectivity index (χ1n) is 5.95. The molecule has 0 bridgehead atoms. The average molecular weight is 239 g/mol. The maximum absolute atomic E-state index is 11.9. The minimum atomic E-state index is -0.428. The van der Waals surface area contributed by atoms with Crippen LogP contribution in [0.25, 0.3) is 0 Å². The van der Waals surface area contributed by atoms with Gasteiger partial charge in [0.15, 0.2) is 0 Å². The van der Waals surface area contributed by atoms with Crippen LogP contribution in [0.3, 0.4) is 0 Å². The van der Waals surface area contributed by atoms with Crippen LogP contribution in [-0.2, 0) is 14.3 Å². The molecular weight excluding hydrogens is 218 g/mol. The zero-order valence-corrected chi connectivity index (χ0v) is 10.9. The number of carbonyl (C=O) groups is 2. The van der Waals surface area contributed by atoms with Crippen molar-refractivity contribution in [2.75, 3.05) is 13.2 Å². The molecule has 0 saturated carbocycles. The standard InChI is InChI=1S/C13H21NO3/c1-5-11(15)14-8-6-7-10(14)12(16)17-9-13(2,3)4/h5,10H,1,6-9H2,2-4H3. The summed E-state index contributed by atoms with van der Waals surface area (Å²) in [7, 11) is 0. The summed E-state index contributed by atoms with van der Waals surface area (Å²) in [5, 5.41) is 0. The molecule has 0 aliphatic carbocycles. The Morgan fingerprint density at radius 2 is 2.12 bits per heavy atom. The molecule has 1 rings (SSSR count). The fraction of sp³-hybridized carbons (Fsp3) is 0.692. The molecule has 1 aliphatic rings. The van der Waals surface area contributed by atoms with E-state index in [9.17, 15) is 9.59 Å². The first-order valence-corrected chi connectivity index (χ1v) is 5.95. The zero-order chi connectivity index (χ0) is 13.1. The van der Waals surface area contributed by atoms with Crippen LogP contribution in [-0.4, -0.2) is 36.0 Å². The van der Waals surface area contributed by atoms with Gasteiger partial charge in [0.1, 0.15) is 6.04 Å². The van der Waals surface area contributed by atoms with Crippen molar-refractivity contribution in [2.45, 2.75) is 39.7 Å². The molecule has 1 saturated heterocycles. The van der Waals surface area contributed by atoms with Crippen molar-refractivity contribution >= 4 is 11.9 Å². The van der Waals surface area contributed by atoms with Crippen molar-refractivity contribution in [1.29, 1.82) is 0 Å². The van der Waals surface area contributed by atoms with Crippen molar-refractivity contribution in [3.63, 3.8) is 0 Å². The summed E-state index contributed by atoms with van der Waals surface area (Å²) >= 11 is 0. The maximum atomic E-state index is 11.9. The zero-order valence-electron chi connectivity index (χ0n) is 10.9. The molecule has 1 heterocycles. The molecule has 0 aromatic carbocycles. The Labute approximate surface area is 103 Å². The van der Waals surface area contributed by atoms with E-state index in [0.717, 1.165) is 6.42 Å². The Morgan fingerprint density at radius 1 is 1.47 bits per heavy atom. The molecule has 17 heavy (non-hydrogen) atoms. The summed E-state index contributed by atoms with van der Waals surface area (Å²) in [6.07, 6.45) is 2.77. The second-order valence-electron chi connectivity index (χ2n) is 5.56. The van der Waals surface area contributed by atoms with Gasteiger partial charge in [0.25, 0.3) is 0 Å². The van der Waals surface area contributed by atoms with Crippen LogP contribution >= 0.6 is 0 Å². The Morgan fingerprint density at radius 3 is 2.65 bits per heavy atom. The molecule has 1 atom stereocenters. The highest BCUT2D eigenvalue weighted by Crippen LogP contribution is 2.20. The lowest BCUT2D eigenvalue weighted by molar-refractivity contribution is -0.154. The van der Waals surface area contributed by atoms with E-state index in [-0.39, 0.29) is 17.3 Å². The summed E-state index contributed by atoms with van der Waals surface area (Å²) in [6, 6.07) is -0.428. The van der Waals surface area contributed by atoms with Gasteiger partial charge in [0.2, 0.25) is 5.91 Å². The van der Waals surface area contributed by atoms with E-state index in [1.165, 1.54) is 11.0 Å². The molecule has 1 amide bonds. The number of likely N-dealkylation sites (tertiary alicyclic amines) is 1. The largest absolute Gasteiger partial charge is 0.464 e. The highest BCUT2D eigenvalue weighted by molar-refractivity contribution is 5.91. The van der Waals surface area contributed by atoms with Crippen LogP contribution in [0.4, 0.5) is 0 Å². The van der Waals surface area contributed by atoms with Gasteiger partial charge in [-0.05, 0) is 24.3 Å². The molecule has 1 unspecified atom stereocenters. The van der Waals surface area contributed by atoms with E-state index < -0.39 is 6.04 Å². The summed E-state index contributed by atoms with van der Waals surface area (Å²) in [6.45, 7) is 10.4. The predicted octanol–water partition coefficient (Wildman–Crippen LogP) is 1.75. The minimum absolute atomic E-state index is 0.0540. The van der Waals surface area contributed by atoms with Gasteiger partial charge in [-0.3, -0.25) is 4.79 Å².